The molecule has 3 aliphatic rings. The number of hydrogen-bond acceptors (Lipinski definition) is 5. The van der Waals surface area contributed by atoms with Crippen molar-refractivity contribution in [1.29, 1.82) is 0 Å². The maximum absolute atomic E-state index is 13.7. The van der Waals surface area contributed by atoms with Crippen LogP contribution in [0.15, 0.2) is 72.9 Å². The lowest BCUT2D eigenvalue weighted by atomic mass is 9.94. The second-order valence-corrected chi connectivity index (χ2v) is 12.5. The fourth-order valence-corrected chi connectivity index (χ4v) is 7.55. The predicted molar refractivity (Wildman–Crippen MR) is 168 cm³/mol. The van der Waals surface area contributed by atoms with E-state index in [2.05, 4.69) is 20.2 Å². The van der Waals surface area contributed by atoms with Gasteiger partial charge in [-0.2, -0.15) is 0 Å². The molecule has 2 amide bonds. The SMILES string of the molecule is O=C(O)/C=C/c1ccc(NC(=O)C2(NC(=O)c3ccc4c(c3)nc(-c3ccccn3)n4C3C[C@@H]4CC[C@H]3C4)CCCC2)cc1. The van der Waals surface area contributed by atoms with Crippen LogP contribution in [-0.4, -0.2) is 43.0 Å². The van der Waals surface area contributed by atoms with Gasteiger partial charge in [0, 0.05) is 29.6 Å². The number of carbonyl (C=O) groups is 3. The molecule has 3 atom stereocenters. The highest BCUT2D eigenvalue weighted by molar-refractivity contribution is 6.05. The first kappa shape index (κ1) is 28.0. The summed E-state index contributed by atoms with van der Waals surface area (Å²) < 4.78 is 2.36. The van der Waals surface area contributed by atoms with Crippen molar-refractivity contribution in [3.63, 3.8) is 0 Å². The minimum Gasteiger partial charge on any atom is -0.478 e. The third kappa shape index (κ3) is 5.27. The van der Waals surface area contributed by atoms with Crippen LogP contribution < -0.4 is 10.6 Å². The first-order valence-electron chi connectivity index (χ1n) is 15.5. The largest absolute Gasteiger partial charge is 0.478 e. The standard InChI is InChI=1S/C35H35N5O4/c41-31(42)15-9-22-7-12-26(13-8-22)37-34(44)35(16-2-3-17-35)39-33(43)25-11-14-29-28(21-25)38-32(27-5-1-4-18-36-27)40(29)30-20-23-6-10-24(30)19-23/h1,4-5,7-9,11-15,18,21,23-24,30H,2-3,6,10,16-17,19-20H2,(H,37,44)(H,39,43)(H,41,42)/b15-9+/t23-,24+,30?/m1/s1. The fourth-order valence-electron chi connectivity index (χ4n) is 7.55. The van der Waals surface area contributed by atoms with Crippen molar-refractivity contribution < 1.29 is 19.5 Å². The lowest BCUT2D eigenvalue weighted by Crippen LogP contribution is -2.55. The lowest BCUT2D eigenvalue weighted by Gasteiger charge is -2.29. The molecule has 224 valence electrons. The van der Waals surface area contributed by atoms with Crippen LogP contribution in [0.5, 0.6) is 0 Å². The number of carbonyl (C=O) groups excluding carboxylic acids is 2. The fraction of sp³-hybridized carbons (Fsp3) is 0.343. The van der Waals surface area contributed by atoms with Gasteiger partial charge in [0.15, 0.2) is 5.82 Å². The number of hydrogen-bond donors (Lipinski definition) is 3. The van der Waals surface area contributed by atoms with Crippen LogP contribution in [0, 0.1) is 11.8 Å². The van der Waals surface area contributed by atoms with E-state index in [1.807, 2.05) is 36.4 Å². The van der Waals surface area contributed by atoms with Gasteiger partial charge in [0.25, 0.3) is 5.91 Å². The molecule has 0 aliphatic heterocycles. The molecule has 0 saturated heterocycles. The lowest BCUT2D eigenvalue weighted by molar-refractivity contribution is -0.131. The van der Waals surface area contributed by atoms with E-state index in [0.29, 0.717) is 41.6 Å². The van der Waals surface area contributed by atoms with Gasteiger partial charge in [-0.25, -0.2) is 9.78 Å². The molecule has 3 aliphatic carbocycles. The molecule has 2 bridgehead atoms. The van der Waals surface area contributed by atoms with E-state index in [9.17, 15) is 14.4 Å². The summed E-state index contributed by atoms with van der Waals surface area (Å²) in [6.07, 6.45) is 12.1. The number of carboxylic acids is 1. The van der Waals surface area contributed by atoms with Crippen molar-refractivity contribution in [2.24, 2.45) is 11.8 Å². The second kappa shape index (κ2) is 11.4. The summed E-state index contributed by atoms with van der Waals surface area (Å²) in [6, 6.07) is 18.8. The van der Waals surface area contributed by atoms with Gasteiger partial charge >= 0.3 is 5.97 Å². The zero-order valence-corrected chi connectivity index (χ0v) is 24.4. The Morgan fingerprint density at radius 2 is 1.80 bits per heavy atom. The highest BCUT2D eigenvalue weighted by Crippen LogP contribution is 2.52. The topological polar surface area (TPSA) is 126 Å². The average Bonchev–Trinajstić information content (AvgIpc) is 3.85. The number of aromatic nitrogens is 3. The van der Waals surface area contributed by atoms with Crippen molar-refractivity contribution in [2.45, 2.75) is 62.9 Å². The highest BCUT2D eigenvalue weighted by Gasteiger charge is 2.44. The third-order valence-electron chi connectivity index (χ3n) is 9.71. The average molecular weight is 590 g/mol. The quantitative estimate of drug-likeness (QED) is 0.209. The van der Waals surface area contributed by atoms with E-state index in [1.165, 1.54) is 25.3 Å². The van der Waals surface area contributed by atoms with Crippen LogP contribution in [0.2, 0.25) is 0 Å². The number of aliphatic carboxylic acids is 1. The Kier molecular flexibility index (Phi) is 7.24. The van der Waals surface area contributed by atoms with Crippen LogP contribution in [0.1, 0.15) is 73.3 Å². The molecule has 2 heterocycles. The van der Waals surface area contributed by atoms with Gasteiger partial charge in [0.1, 0.15) is 11.2 Å². The first-order valence-corrected chi connectivity index (χ1v) is 15.5. The van der Waals surface area contributed by atoms with Gasteiger partial charge in [0.05, 0.1) is 11.0 Å². The van der Waals surface area contributed by atoms with E-state index in [-0.39, 0.29) is 11.8 Å². The van der Waals surface area contributed by atoms with Crippen molar-refractivity contribution in [3.05, 3.63) is 84.1 Å². The van der Waals surface area contributed by atoms with Crippen LogP contribution >= 0.6 is 0 Å². The van der Waals surface area contributed by atoms with Gasteiger partial charge in [0.2, 0.25) is 5.91 Å². The molecule has 2 aromatic carbocycles. The Balaban J connectivity index is 1.14. The minimum atomic E-state index is -1.02. The molecule has 3 saturated carbocycles. The minimum absolute atomic E-state index is 0.253. The summed E-state index contributed by atoms with van der Waals surface area (Å²) in [4.78, 5) is 47.7. The predicted octanol–water partition coefficient (Wildman–Crippen LogP) is 6.24. The second-order valence-electron chi connectivity index (χ2n) is 12.5. The van der Waals surface area contributed by atoms with Gasteiger partial charge in [-0.15, -0.1) is 0 Å². The van der Waals surface area contributed by atoms with Gasteiger partial charge in [-0.05, 0) is 98.0 Å². The molecule has 0 radical (unpaired) electrons. The Morgan fingerprint density at radius 3 is 2.48 bits per heavy atom. The molecule has 3 fully saturated rings. The summed E-state index contributed by atoms with van der Waals surface area (Å²) in [5.74, 6) is 0.670. The van der Waals surface area contributed by atoms with E-state index in [4.69, 9.17) is 10.1 Å². The number of pyridine rings is 1. The molecule has 44 heavy (non-hydrogen) atoms. The molecular formula is C35H35N5O4. The van der Waals surface area contributed by atoms with Gasteiger partial charge < -0.3 is 20.3 Å². The maximum Gasteiger partial charge on any atom is 0.328 e. The summed E-state index contributed by atoms with van der Waals surface area (Å²) in [5.41, 5.74) is 3.32. The maximum atomic E-state index is 13.7. The van der Waals surface area contributed by atoms with Crippen LogP contribution in [-0.2, 0) is 9.59 Å². The Bertz CT molecular complexity index is 1760. The van der Waals surface area contributed by atoms with Crippen LogP contribution in [0.4, 0.5) is 5.69 Å². The summed E-state index contributed by atoms with van der Waals surface area (Å²) in [7, 11) is 0. The number of nitrogens with zero attached hydrogens (tertiary/aromatic N) is 3. The van der Waals surface area contributed by atoms with Crippen molar-refractivity contribution in [1.82, 2.24) is 19.9 Å². The number of imidazole rings is 1. The summed E-state index contributed by atoms with van der Waals surface area (Å²) in [6.45, 7) is 0. The zero-order chi connectivity index (χ0) is 30.3. The monoisotopic (exact) mass is 589 g/mol. The molecule has 3 N–H and O–H groups in total. The third-order valence-corrected chi connectivity index (χ3v) is 9.71. The molecule has 4 aromatic rings. The van der Waals surface area contributed by atoms with E-state index >= 15 is 0 Å². The summed E-state index contributed by atoms with van der Waals surface area (Å²) in [5, 5.41) is 14.9. The number of fused-ring (bicyclic) bond motifs is 3. The molecule has 1 unspecified atom stereocenters. The molecule has 9 heteroatoms. The number of carboxylic acid groups (broad SMARTS) is 1. The molecule has 7 rings (SSSR count). The normalized spacial score (nSPS) is 22.0. The Labute approximate surface area is 255 Å². The van der Waals surface area contributed by atoms with E-state index in [0.717, 1.165) is 53.8 Å². The van der Waals surface area contributed by atoms with Gasteiger partial charge in [-0.3, -0.25) is 14.6 Å². The first-order chi connectivity index (χ1) is 21.4. The number of nitrogens with one attached hydrogen (secondary N) is 2. The van der Waals surface area contributed by atoms with Crippen molar-refractivity contribution >= 4 is 40.6 Å². The molecular weight excluding hydrogens is 554 g/mol. The van der Waals surface area contributed by atoms with Crippen molar-refractivity contribution in [3.8, 4) is 11.5 Å². The molecule has 2 aromatic heterocycles. The van der Waals surface area contributed by atoms with Crippen molar-refractivity contribution in [2.75, 3.05) is 5.32 Å². The van der Waals surface area contributed by atoms with Crippen LogP contribution in [0.3, 0.4) is 0 Å². The number of benzene rings is 2. The Hall–Kier alpha value is -4.79. The highest BCUT2D eigenvalue weighted by atomic mass is 16.4. The van der Waals surface area contributed by atoms with Gasteiger partial charge in [-0.1, -0.05) is 37.5 Å². The molecule has 9 nitrogen and oxygen atoms in total. The number of rotatable bonds is 8. The van der Waals surface area contributed by atoms with E-state index < -0.39 is 11.5 Å². The number of amides is 2. The van der Waals surface area contributed by atoms with Crippen LogP contribution in [0.25, 0.3) is 28.6 Å². The Morgan fingerprint density at radius 1 is 0.977 bits per heavy atom. The number of anilines is 1. The summed E-state index contributed by atoms with van der Waals surface area (Å²) >= 11 is 0. The molecule has 0 spiro atoms. The zero-order valence-electron chi connectivity index (χ0n) is 24.4. The smallest absolute Gasteiger partial charge is 0.328 e. The van der Waals surface area contributed by atoms with E-state index in [1.54, 1.807) is 30.5 Å².